The van der Waals surface area contributed by atoms with E-state index in [1.165, 1.54) is 11.3 Å². The Hall–Kier alpha value is -2.14. The summed E-state index contributed by atoms with van der Waals surface area (Å²) in [6.45, 7) is 4.59. The van der Waals surface area contributed by atoms with Gasteiger partial charge in [0, 0.05) is 17.7 Å². The van der Waals surface area contributed by atoms with Crippen LogP contribution in [0.5, 0.6) is 5.75 Å². The number of ketones is 1. The zero-order valence-electron chi connectivity index (χ0n) is 13.4. The van der Waals surface area contributed by atoms with Crippen molar-refractivity contribution >= 4 is 28.7 Å². The normalized spacial score (nSPS) is 10.3. The van der Waals surface area contributed by atoms with Crippen LogP contribution in [0.25, 0.3) is 0 Å². The lowest BCUT2D eigenvalue weighted by Gasteiger charge is -2.11. The number of benzene rings is 1. The molecule has 1 heterocycles. The molecule has 4 nitrogen and oxygen atoms in total. The van der Waals surface area contributed by atoms with Crippen molar-refractivity contribution in [2.45, 2.75) is 33.1 Å². The minimum absolute atomic E-state index is 0.00812. The highest BCUT2D eigenvalue weighted by Gasteiger charge is 2.12. The van der Waals surface area contributed by atoms with Crippen molar-refractivity contribution in [1.82, 2.24) is 0 Å². The Morgan fingerprint density at radius 2 is 1.91 bits per heavy atom. The number of anilines is 1. The predicted octanol–water partition coefficient (Wildman–Crippen LogP) is 4.45. The van der Waals surface area contributed by atoms with Crippen LogP contribution in [0.1, 0.15) is 40.7 Å². The van der Waals surface area contributed by atoms with Gasteiger partial charge in [-0.3, -0.25) is 9.59 Å². The largest absolute Gasteiger partial charge is 0.491 e. The summed E-state index contributed by atoms with van der Waals surface area (Å²) in [6, 6.07) is 11.1. The Labute approximate surface area is 140 Å². The molecule has 0 spiro atoms. The van der Waals surface area contributed by atoms with Crippen LogP contribution >= 0.6 is 11.3 Å². The summed E-state index contributed by atoms with van der Waals surface area (Å²) in [5, 5.41) is 2.82. The van der Waals surface area contributed by atoms with E-state index < -0.39 is 0 Å². The summed E-state index contributed by atoms with van der Waals surface area (Å²) in [4.78, 5) is 25.9. The van der Waals surface area contributed by atoms with Crippen LogP contribution in [0.2, 0.25) is 0 Å². The Morgan fingerprint density at radius 3 is 2.61 bits per heavy atom. The SMILES string of the molecule is CCCOc1ccccc1NC(=O)CCC(=O)c1ccc(C)s1. The molecule has 23 heavy (non-hydrogen) atoms. The van der Waals surface area contributed by atoms with Gasteiger partial charge in [0.2, 0.25) is 5.91 Å². The number of rotatable bonds is 8. The summed E-state index contributed by atoms with van der Waals surface area (Å²) in [5.74, 6) is 0.482. The molecule has 0 aliphatic carbocycles. The summed E-state index contributed by atoms with van der Waals surface area (Å²) in [6.07, 6.45) is 1.28. The van der Waals surface area contributed by atoms with Crippen LogP contribution in [-0.2, 0) is 4.79 Å². The van der Waals surface area contributed by atoms with E-state index in [1.807, 2.05) is 44.2 Å². The Balaban J connectivity index is 1.88. The van der Waals surface area contributed by atoms with E-state index in [9.17, 15) is 9.59 Å². The smallest absolute Gasteiger partial charge is 0.224 e. The van der Waals surface area contributed by atoms with Gasteiger partial charge < -0.3 is 10.1 Å². The molecule has 1 aromatic heterocycles. The van der Waals surface area contributed by atoms with Crippen LogP contribution in [-0.4, -0.2) is 18.3 Å². The van der Waals surface area contributed by atoms with Crippen molar-refractivity contribution in [2.24, 2.45) is 0 Å². The standard InChI is InChI=1S/C18H21NO3S/c1-3-12-22-16-7-5-4-6-14(16)19-18(21)11-9-15(20)17-10-8-13(2)23-17/h4-8,10H,3,9,11-12H2,1-2H3,(H,19,21). The number of hydrogen-bond acceptors (Lipinski definition) is 4. The lowest BCUT2D eigenvalue weighted by molar-refractivity contribution is -0.116. The molecule has 0 aliphatic heterocycles. The molecular weight excluding hydrogens is 310 g/mol. The first-order chi connectivity index (χ1) is 11.1. The van der Waals surface area contributed by atoms with E-state index in [4.69, 9.17) is 4.74 Å². The van der Waals surface area contributed by atoms with Crippen molar-refractivity contribution in [3.05, 3.63) is 46.2 Å². The van der Waals surface area contributed by atoms with Gasteiger partial charge in [-0.2, -0.15) is 0 Å². The van der Waals surface area contributed by atoms with Crippen LogP contribution in [0.3, 0.4) is 0 Å². The topological polar surface area (TPSA) is 55.4 Å². The van der Waals surface area contributed by atoms with E-state index in [1.54, 1.807) is 6.07 Å². The van der Waals surface area contributed by atoms with Gasteiger partial charge in [0.25, 0.3) is 0 Å². The maximum atomic E-state index is 12.1. The van der Waals surface area contributed by atoms with E-state index in [2.05, 4.69) is 5.32 Å². The summed E-state index contributed by atoms with van der Waals surface area (Å²) < 4.78 is 5.60. The number of carbonyl (C=O) groups excluding carboxylic acids is 2. The predicted molar refractivity (Wildman–Crippen MR) is 93.5 cm³/mol. The third kappa shape index (κ3) is 5.21. The molecule has 0 saturated heterocycles. The molecule has 0 saturated carbocycles. The van der Waals surface area contributed by atoms with Gasteiger partial charge in [-0.05, 0) is 37.6 Å². The zero-order chi connectivity index (χ0) is 16.7. The van der Waals surface area contributed by atoms with Crippen LogP contribution in [0.15, 0.2) is 36.4 Å². The van der Waals surface area contributed by atoms with Gasteiger partial charge in [-0.15, -0.1) is 11.3 Å². The second-order valence-electron chi connectivity index (χ2n) is 5.23. The molecule has 2 rings (SSSR count). The molecule has 0 atom stereocenters. The molecule has 122 valence electrons. The molecule has 0 radical (unpaired) electrons. The number of nitrogens with one attached hydrogen (secondary N) is 1. The summed E-state index contributed by atoms with van der Waals surface area (Å²) in [5.41, 5.74) is 0.644. The van der Waals surface area contributed by atoms with Crippen molar-refractivity contribution < 1.29 is 14.3 Å². The lowest BCUT2D eigenvalue weighted by Crippen LogP contribution is -2.14. The molecule has 2 aromatic rings. The Morgan fingerprint density at radius 1 is 1.13 bits per heavy atom. The third-order valence-electron chi connectivity index (χ3n) is 3.22. The number of carbonyl (C=O) groups is 2. The average molecular weight is 331 g/mol. The van der Waals surface area contributed by atoms with Crippen LogP contribution in [0.4, 0.5) is 5.69 Å². The second kappa shape index (κ2) is 8.48. The van der Waals surface area contributed by atoms with E-state index in [0.29, 0.717) is 22.9 Å². The van der Waals surface area contributed by atoms with Crippen molar-refractivity contribution in [2.75, 3.05) is 11.9 Å². The molecule has 0 fully saturated rings. The Bertz CT molecular complexity index is 678. The second-order valence-corrected chi connectivity index (χ2v) is 6.51. The quantitative estimate of drug-likeness (QED) is 0.727. The Kier molecular flexibility index (Phi) is 6.35. The van der Waals surface area contributed by atoms with E-state index in [0.717, 1.165) is 11.3 Å². The van der Waals surface area contributed by atoms with Gasteiger partial charge in [0.15, 0.2) is 5.78 Å². The fourth-order valence-corrected chi connectivity index (χ4v) is 2.89. The first-order valence-electron chi connectivity index (χ1n) is 7.71. The third-order valence-corrected chi connectivity index (χ3v) is 4.26. The van der Waals surface area contributed by atoms with Gasteiger partial charge in [0.05, 0.1) is 17.2 Å². The van der Waals surface area contributed by atoms with Crippen molar-refractivity contribution in [3.63, 3.8) is 0 Å². The highest BCUT2D eigenvalue weighted by molar-refractivity contribution is 7.14. The van der Waals surface area contributed by atoms with Gasteiger partial charge in [-0.25, -0.2) is 0 Å². The van der Waals surface area contributed by atoms with Gasteiger partial charge >= 0.3 is 0 Å². The first kappa shape index (κ1) is 17.2. The molecule has 5 heteroatoms. The van der Waals surface area contributed by atoms with Crippen molar-refractivity contribution in [3.8, 4) is 5.75 Å². The molecule has 1 aromatic carbocycles. The first-order valence-corrected chi connectivity index (χ1v) is 8.53. The summed E-state index contributed by atoms with van der Waals surface area (Å²) >= 11 is 1.46. The molecule has 1 N–H and O–H groups in total. The monoisotopic (exact) mass is 331 g/mol. The van der Waals surface area contributed by atoms with Crippen LogP contribution < -0.4 is 10.1 Å². The number of thiophene rings is 1. The van der Waals surface area contributed by atoms with Gasteiger partial charge in [-0.1, -0.05) is 19.1 Å². The highest BCUT2D eigenvalue weighted by atomic mass is 32.1. The van der Waals surface area contributed by atoms with E-state index in [-0.39, 0.29) is 24.5 Å². The number of ether oxygens (including phenoxy) is 1. The fraction of sp³-hybridized carbons (Fsp3) is 0.333. The number of amides is 1. The summed E-state index contributed by atoms with van der Waals surface area (Å²) in [7, 11) is 0. The molecule has 0 aliphatic rings. The molecule has 1 amide bonds. The number of hydrogen-bond donors (Lipinski definition) is 1. The van der Waals surface area contributed by atoms with Crippen molar-refractivity contribution in [1.29, 1.82) is 0 Å². The highest BCUT2D eigenvalue weighted by Crippen LogP contribution is 2.24. The minimum atomic E-state index is -0.181. The number of para-hydroxylation sites is 2. The number of aryl methyl sites for hydroxylation is 1. The van der Waals surface area contributed by atoms with Gasteiger partial charge in [0.1, 0.15) is 5.75 Å². The zero-order valence-corrected chi connectivity index (χ0v) is 14.2. The fourth-order valence-electron chi connectivity index (χ4n) is 2.06. The maximum absolute atomic E-state index is 12.1. The molecule has 0 bridgehead atoms. The molecular formula is C18H21NO3S. The number of Topliss-reactive ketones (excluding diaryl/α,β-unsaturated/α-hetero) is 1. The lowest BCUT2D eigenvalue weighted by atomic mass is 10.2. The maximum Gasteiger partial charge on any atom is 0.224 e. The van der Waals surface area contributed by atoms with E-state index >= 15 is 0 Å². The van der Waals surface area contributed by atoms with Crippen LogP contribution in [0, 0.1) is 6.92 Å². The molecule has 0 unspecified atom stereocenters. The minimum Gasteiger partial charge on any atom is -0.491 e. The average Bonchev–Trinajstić information content (AvgIpc) is 2.98.